The van der Waals surface area contributed by atoms with E-state index in [2.05, 4.69) is 13.8 Å². The van der Waals surface area contributed by atoms with Crippen LogP contribution in [0.4, 0.5) is 0 Å². The molecule has 0 aromatic rings. The van der Waals surface area contributed by atoms with Gasteiger partial charge in [-0.05, 0) is 36.5 Å². The Labute approximate surface area is 71.4 Å². The number of hydrogen-bond acceptors (Lipinski definition) is 0. The van der Waals surface area contributed by atoms with Gasteiger partial charge in [-0.1, -0.05) is 34.1 Å². The smallest absolute Gasteiger partial charge is 0.0355 e. The van der Waals surface area contributed by atoms with Crippen LogP contribution >= 0.6 is 0 Å². The van der Waals surface area contributed by atoms with Gasteiger partial charge in [-0.3, -0.25) is 0 Å². The monoisotopic (exact) mass is 154 g/mol. The lowest BCUT2D eigenvalue weighted by Crippen LogP contribution is -2.45. The van der Waals surface area contributed by atoms with Gasteiger partial charge < -0.3 is 0 Å². The first kappa shape index (κ1) is 9.09. The molecule has 0 amide bonds. The van der Waals surface area contributed by atoms with Crippen LogP contribution in [0.2, 0.25) is 0 Å². The summed E-state index contributed by atoms with van der Waals surface area (Å²) in [7, 11) is 0. The quantitative estimate of drug-likeness (QED) is 0.499. The zero-order chi connectivity index (χ0) is 7.14. The van der Waals surface area contributed by atoms with E-state index in [0.717, 1.165) is 23.7 Å². The molecule has 11 heavy (non-hydrogen) atoms. The van der Waals surface area contributed by atoms with Gasteiger partial charge in [-0.2, -0.15) is 0 Å². The zero-order valence-electron chi connectivity index (χ0n) is 7.14. The van der Waals surface area contributed by atoms with Crippen molar-refractivity contribution in [3.8, 4) is 0 Å². The van der Waals surface area contributed by atoms with E-state index in [1.807, 2.05) is 0 Å². The molecule has 4 unspecified atom stereocenters. The molecule has 0 radical (unpaired) electrons. The first-order chi connectivity index (χ1) is 4.80. The maximum atomic E-state index is 2.44. The van der Waals surface area contributed by atoms with Gasteiger partial charge in [0.25, 0.3) is 0 Å². The van der Waals surface area contributed by atoms with Crippen LogP contribution in [0.1, 0.15) is 47.0 Å². The van der Waals surface area contributed by atoms with E-state index in [-0.39, 0.29) is 7.43 Å². The second-order valence-electron chi connectivity index (χ2n) is 4.33. The third-order valence-electron chi connectivity index (χ3n) is 4.05. The maximum absolute atomic E-state index is 2.44. The van der Waals surface area contributed by atoms with Crippen LogP contribution in [0.3, 0.4) is 0 Å². The molecule has 66 valence electrons. The Bertz CT molecular complexity index is 112. The van der Waals surface area contributed by atoms with Gasteiger partial charge in [-0.15, -0.1) is 0 Å². The minimum Gasteiger partial charge on any atom is -0.0776 e. The van der Waals surface area contributed by atoms with E-state index in [0.29, 0.717) is 0 Å². The highest BCUT2D eigenvalue weighted by atomic mass is 14.5. The molecule has 0 spiro atoms. The molecule has 0 aromatic heterocycles. The summed E-state index contributed by atoms with van der Waals surface area (Å²) in [6, 6.07) is 0. The highest BCUT2D eigenvalue weighted by molar-refractivity contribution is 4.94. The van der Waals surface area contributed by atoms with Crippen LogP contribution < -0.4 is 0 Å². The molecule has 2 fully saturated rings. The van der Waals surface area contributed by atoms with Gasteiger partial charge in [0.05, 0.1) is 0 Å². The van der Waals surface area contributed by atoms with E-state index < -0.39 is 0 Å². The number of hydrogen-bond donors (Lipinski definition) is 0. The first-order valence-electron chi connectivity index (χ1n) is 4.80. The van der Waals surface area contributed by atoms with E-state index in [1.54, 1.807) is 0 Å². The fourth-order valence-corrected chi connectivity index (χ4v) is 3.13. The average Bonchev–Trinajstić information content (AvgIpc) is 2.03. The van der Waals surface area contributed by atoms with Crippen molar-refractivity contribution in [1.29, 1.82) is 0 Å². The van der Waals surface area contributed by atoms with Crippen molar-refractivity contribution in [3.05, 3.63) is 0 Å². The van der Waals surface area contributed by atoms with Gasteiger partial charge in [0, 0.05) is 0 Å². The summed E-state index contributed by atoms with van der Waals surface area (Å²) in [6.07, 6.45) is 6.10. The molecule has 0 aliphatic heterocycles. The molecule has 2 aliphatic carbocycles. The largest absolute Gasteiger partial charge is 0.0776 e. The molecule has 2 aliphatic rings. The third-order valence-corrected chi connectivity index (χ3v) is 4.05. The summed E-state index contributed by atoms with van der Waals surface area (Å²) in [5, 5.41) is 0. The summed E-state index contributed by atoms with van der Waals surface area (Å²) < 4.78 is 0. The van der Waals surface area contributed by atoms with Crippen LogP contribution in [0.15, 0.2) is 0 Å². The van der Waals surface area contributed by atoms with Gasteiger partial charge >= 0.3 is 0 Å². The molecule has 2 rings (SSSR count). The fourth-order valence-electron chi connectivity index (χ4n) is 3.13. The Morgan fingerprint density at radius 1 is 0.818 bits per heavy atom. The van der Waals surface area contributed by atoms with Crippen molar-refractivity contribution in [2.24, 2.45) is 23.7 Å². The van der Waals surface area contributed by atoms with Crippen LogP contribution in [0, 0.1) is 23.7 Å². The Morgan fingerprint density at radius 3 is 1.55 bits per heavy atom. The normalized spacial score (nSPS) is 48.5. The lowest BCUT2D eigenvalue weighted by Gasteiger charge is -2.52. The molecule has 0 nitrogen and oxygen atoms in total. The van der Waals surface area contributed by atoms with Crippen molar-refractivity contribution in [2.45, 2.75) is 47.0 Å². The van der Waals surface area contributed by atoms with Gasteiger partial charge in [-0.25, -0.2) is 0 Å². The Kier molecular flexibility index (Phi) is 2.61. The first-order valence-corrected chi connectivity index (χ1v) is 4.80. The fraction of sp³-hybridized carbons (Fsp3) is 1.00. The summed E-state index contributed by atoms with van der Waals surface area (Å²) in [5.41, 5.74) is 0. The second kappa shape index (κ2) is 3.16. The molecule has 0 N–H and O–H groups in total. The van der Waals surface area contributed by atoms with Crippen molar-refractivity contribution in [3.63, 3.8) is 0 Å². The van der Waals surface area contributed by atoms with Crippen molar-refractivity contribution in [2.75, 3.05) is 0 Å². The SMILES string of the molecule is C.CC1C(C)C2CCCCC12. The number of rotatable bonds is 0. The van der Waals surface area contributed by atoms with E-state index in [4.69, 9.17) is 0 Å². The molecule has 0 aromatic carbocycles. The molecule has 2 saturated carbocycles. The Balaban J connectivity index is 0.000000605. The summed E-state index contributed by atoms with van der Waals surface area (Å²) in [6.45, 7) is 4.88. The minimum atomic E-state index is 0. The summed E-state index contributed by atoms with van der Waals surface area (Å²) in [4.78, 5) is 0. The van der Waals surface area contributed by atoms with Crippen molar-refractivity contribution in [1.82, 2.24) is 0 Å². The average molecular weight is 154 g/mol. The van der Waals surface area contributed by atoms with Gasteiger partial charge in [0.1, 0.15) is 0 Å². The Morgan fingerprint density at radius 2 is 1.18 bits per heavy atom. The predicted octanol–water partition coefficient (Wildman–Crippen LogP) is 3.71. The highest BCUT2D eigenvalue weighted by Gasteiger charge is 2.45. The molecule has 4 atom stereocenters. The van der Waals surface area contributed by atoms with Crippen molar-refractivity contribution >= 4 is 0 Å². The van der Waals surface area contributed by atoms with Crippen molar-refractivity contribution < 1.29 is 0 Å². The molecular formula is C11H22. The van der Waals surface area contributed by atoms with Gasteiger partial charge in [0.2, 0.25) is 0 Å². The molecule has 0 heteroatoms. The molecule has 0 saturated heterocycles. The highest BCUT2D eigenvalue weighted by Crippen LogP contribution is 2.52. The van der Waals surface area contributed by atoms with E-state index >= 15 is 0 Å². The van der Waals surface area contributed by atoms with Crippen LogP contribution in [0.25, 0.3) is 0 Å². The lowest BCUT2D eigenvalue weighted by molar-refractivity contribution is -0.0305. The van der Waals surface area contributed by atoms with E-state index in [1.165, 1.54) is 25.7 Å². The van der Waals surface area contributed by atoms with E-state index in [9.17, 15) is 0 Å². The topological polar surface area (TPSA) is 0 Å². The lowest BCUT2D eigenvalue weighted by atomic mass is 9.53. The molecular weight excluding hydrogens is 132 g/mol. The van der Waals surface area contributed by atoms with Crippen LogP contribution in [0.5, 0.6) is 0 Å². The molecule has 0 bridgehead atoms. The summed E-state index contributed by atoms with van der Waals surface area (Å²) in [5.74, 6) is 4.35. The maximum Gasteiger partial charge on any atom is -0.0355 e. The zero-order valence-corrected chi connectivity index (χ0v) is 7.14. The van der Waals surface area contributed by atoms with Gasteiger partial charge in [0.15, 0.2) is 0 Å². The standard InChI is InChI=1S/C10H18.CH4/c1-7-8(2)10-6-4-3-5-9(7)10;/h7-10H,3-6H2,1-2H3;1H4. The minimum absolute atomic E-state index is 0. The third kappa shape index (κ3) is 1.21. The number of fused-ring (bicyclic) bond motifs is 1. The molecule has 0 heterocycles. The van der Waals surface area contributed by atoms with Crippen LogP contribution in [-0.2, 0) is 0 Å². The second-order valence-corrected chi connectivity index (χ2v) is 4.33. The van der Waals surface area contributed by atoms with Crippen LogP contribution in [-0.4, -0.2) is 0 Å². The summed E-state index contributed by atoms with van der Waals surface area (Å²) >= 11 is 0. The Hall–Kier alpha value is 0. The predicted molar refractivity (Wildman–Crippen MR) is 50.5 cm³/mol.